The maximum Gasteiger partial charge on any atom is 0.573 e. The van der Waals surface area contributed by atoms with Gasteiger partial charge in [-0.25, -0.2) is 13.6 Å². The molecule has 0 aromatic heterocycles. The molecule has 0 saturated heterocycles. The lowest BCUT2D eigenvalue weighted by Crippen LogP contribution is -2.28. The van der Waals surface area contributed by atoms with Crippen molar-refractivity contribution in [1.29, 1.82) is 0 Å². The molecular formula is C19H19F3N2O4S. The SMILES string of the molecule is CC(c1ccc(S(N)(=O)=O)cc1)N(C)C(=O)C=Cc1ccc(OC(F)(F)F)cc1. The Labute approximate surface area is 166 Å². The Morgan fingerprint density at radius 2 is 1.66 bits per heavy atom. The predicted molar refractivity (Wildman–Crippen MR) is 101 cm³/mol. The van der Waals surface area contributed by atoms with Gasteiger partial charge in [-0.15, -0.1) is 13.2 Å². The Balaban J connectivity index is 2.04. The summed E-state index contributed by atoms with van der Waals surface area (Å²) >= 11 is 0. The number of ether oxygens (including phenoxy) is 1. The average Bonchev–Trinajstić information content (AvgIpc) is 2.64. The molecule has 0 radical (unpaired) electrons. The van der Waals surface area contributed by atoms with Crippen molar-refractivity contribution in [3.8, 4) is 5.75 Å². The summed E-state index contributed by atoms with van der Waals surface area (Å²) in [5.41, 5.74) is 1.22. The van der Waals surface area contributed by atoms with Gasteiger partial charge in [0.15, 0.2) is 0 Å². The third-order valence-electron chi connectivity index (χ3n) is 4.15. The third-order valence-corrected chi connectivity index (χ3v) is 5.08. The van der Waals surface area contributed by atoms with Crippen LogP contribution in [0.25, 0.3) is 6.08 Å². The summed E-state index contributed by atoms with van der Waals surface area (Å²) in [6, 6.07) is 10.6. The highest BCUT2D eigenvalue weighted by Crippen LogP contribution is 2.23. The zero-order valence-electron chi connectivity index (χ0n) is 15.6. The van der Waals surface area contributed by atoms with E-state index in [1.807, 2.05) is 0 Å². The van der Waals surface area contributed by atoms with Crippen LogP contribution >= 0.6 is 0 Å². The summed E-state index contributed by atoms with van der Waals surface area (Å²) in [6.07, 6.45) is -2.01. The number of rotatable bonds is 6. The van der Waals surface area contributed by atoms with Gasteiger partial charge in [-0.3, -0.25) is 4.79 Å². The standard InChI is InChI=1S/C19H19F3N2O4S/c1-13(15-6-10-17(11-7-15)29(23,26)27)24(2)18(25)12-5-14-3-8-16(9-4-14)28-19(20,21)22/h3-13H,1-2H3,(H2,23,26,27). The summed E-state index contributed by atoms with van der Waals surface area (Å²) in [7, 11) is -2.22. The molecule has 2 aromatic carbocycles. The molecule has 0 heterocycles. The van der Waals surface area contributed by atoms with Crippen molar-refractivity contribution in [1.82, 2.24) is 4.90 Å². The van der Waals surface area contributed by atoms with Crippen LogP contribution in [0.5, 0.6) is 5.75 Å². The van der Waals surface area contributed by atoms with Crippen LogP contribution in [0.15, 0.2) is 59.5 Å². The number of sulfonamides is 1. The van der Waals surface area contributed by atoms with E-state index in [4.69, 9.17) is 5.14 Å². The molecule has 0 fully saturated rings. The lowest BCUT2D eigenvalue weighted by atomic mass is 10.1. The van der Waals surface area contributed by atoms with E-state index in [0.717, 1.165) is 12.1 Å². The molecule has 1 atom stereocenters. The second kappa shape index (κ2) is 8.66. The fraction of sp³-hybridized carbons (Fsp3) is 0.211. The van der Waals surface area contributed by atoms with E-state index < -0.39 is 16.4 Å². The Hall–Kier alpha value is -2.85. The van der Waals surface area contributed by atoms with Gasteiger partial charge in [0, 0.05) is 13.1 Å². The lowest BCUT2D eigenvalue weighted by molar-refractivity contribution is -0.274. The largest absolute Gasteiger partial charge is 0.573 e. The van der Waals surface area contributed by atoms with Gasteiger partial charge >= 0.3 is 6.36 Å². The van der Waals surface area contributed by atoms with Crippen LogP contribution < -0.4 is 9.88 Å². The Kier molecular flexibility index (Phi) is 6.70. The minimum Gasteiger partial charge on any atom is -0.406 e. The van der Waals surface area contributed by atoms with Gasteiger partial charge in [-0.1, -0.05) is 24.3 Å². The fourth-order valence-corrected chi connectivity index (χ4v) is 2.93. The Bertz CT molecular complexity index is 986. The number of hydrogen-bond donors (Lipinski definition) is 1. The van der Waals surface area contributed by atoms with Crippen molar-refractivity contribution in [2.75, 3.05) is 7.05 Å². The van der Waals surface area contributed by atoms with E-state index in [1.165, 1.54) is 41.3 Å². The van der Waals surface area contributed by atoms with Gasteiger partial charge in [0.25, 0.3) is 0 Å². The van der Waals surface area contributed by atoms with Crippen LogP contribution in [-0.4, -0.2) is 32.6 Å². The number of primary sulfonamides is 1. The van der Waals surface area contributed by atoms with Crippen molar-refractivity contribution in [2.24, 2.45) is 5.14 Å². The normalized spacial score (nSPS) is 13.3. The first-order chi connectivity index (χ1) is 13.4. The molecule has 1 unspecified atom stereocenters. The van der Waals surface area contributed by atoms with Gasteiger partial charge < -0.3 is 9.64 Å². The van der Waals surface area contributed by atoms with Crippen molar-refractivity contribution < 1.29 is 31.1 Å². The molecule has 156 valence electrons. The molecule has 6 nitrogen and oxygen atoms in total. The fourth-order valence-electron chi connectivity index (χ4n) is 2.42. The number of hydrogen-bond acceptors (Lipinski definition) is 4. The number of likely N-dealkylation sites (N-methyl/N-ethyl adjacent to an activating group) is 1. The van der Waals surface area contributed by atoms with E-state index in [-0.39, 0.29) is 22.6 Å². The molecule has 2 N–H and O–H groups in total. The van der Waals surface area contributed by atoms with E-state index >= 15 is 0 Å². The van der Waals surface area contributed by atoms with Gasteiger partial charge in [0.1, 0.15) is 5.75 Å². The average molecular weight is 428 g/mol. The molecule has 2 rings (SSSR count). The molecule has 0 aliphatic rings. The number of nitrogens with two attached hydrogens (primary N) is 1. The smallest absolute Gasteiger partial charge is 0.406 e. The maximum atomic E-state index is 12.4. The van der Waals surface area contributed by atoms with Crippen LogP contribution in [0.4, 0.5) is 13.2 Å². The van der Waals surface area contributed by atoms with Crippen molar-refractivity contribution >= 4 is 22.0 Å². The van der Waals surface area contributed by atoms with Crippen molar-refractivity contribution in [3.05, 3.63) is 65.7 Å². The van der Waals surface area contributed by atoms with Crippen LogP contribution in [0.3, 0.4) is 0 Å². The number of carbonyl (C=O) groups excluding carboxylic acids is 1. The molecular weight excluding hydrogens is 409 g/mol. The number of carbonyl (C=O) groups is 1. The highest BCUT2D eigenvalue weighted by atomic mass is 32.2. The molecule has 29 heavy (non-hydrogen) atoms. The molecule has 0 aliphatic heterocycles. The van der Waals surface area contributed by atoms with E-state index in [1.54, 1.807) is 26.1 Å². The number of halogens is 3. The summed E-state index contributed by atoms with van der Waals surface area (Å²) in [5.74, 6) is -0.696. The van der Waals surface area contributed by atoms with E-state index in [9.17, 15) is 26.4 Å². The Morgan fingerprint density at radius 1 is 1.10 bits per heavy atom. The van der Waals surface area contributed by atoms with Crippen molar-refractivity contribution in [2.45, 2.75) is 24.2 Å². The molecule has 10 heteroatoms. The van der Waals surface area contributed by atoms with Crippen LogP contribution in [0.1, 0.15) is 24.1 Å². The lowest BCUT2D eigenvalue weighted by Gasteiger charge is -2.24. The van der Waals surface area contributed by atoms with Gasteiger partial charge in [-0.2, -0.15) is 0 Å². The summed E-state index contributed by atoms with van der Waals surface area (Å²) in [4.78, 5) is 13.8. The number of amides is 1. The zero-order valence-corrected chi connectivity index (χ0v) is 16.4. The second-order valence-corrected chi connectivity index (χ2v) is 7.75. The topological polar surface area (TPSA) is 89.7 Å². The Morgan fingerprint density at radius 3 is 2.14 bits per heavy atom. The first-order valence-corrected chi connectivity index (χ1v) is 9.85. The minimum absolute atomic E-state index is 0.0275. The predicted octanol–water partition coefficient (Wildman–Crippen LogP) is 3.47. The molecule has 0 bridgehead atoms. The first kappa shape index (κ1) is 22.4. The van der Waals surface area contributed by atoms with Gasteiger partial charge in [0.2, 0.25) is 15.9 Å². The summed E-state index contributed by atoms with van der Waals surface area (Å²) in [6.45, 7) is 1.76. The number of nitrogens with zero attached hydrogens (tertiary/aromatic N) is 1. The molecule has 1 amide bonds. The molecule has 0 saturated carbocycles. The highest BCUT2D eigenvalue weighted by Gasteiger charge is 2.30. The van der Waals surface area contributed by atoms with E-state index in [2.05, 4.69) is 4.74 Å². The van der Waals surface area contributed by atoms with Gasteiger partial charge in [0.05, 0.1) is 10.9 Å². The summed E-state index contributed by atoms with van der Waals surface area (Å²) < 4.78 is 62.9. The van der Waals surface area contributed by atoms with E-state index in [0.29, 0.717) is 11.1 Å². The van der Waals surface area contributed by atoms with Crippen molar-refractivity contribution in [3.63, 3.8) is 0 Å². The summed E-state index contributed by atoms with van der Waals surface area (Å²) in [5, 5.41) is 5.06. The van der Waals surface area contributed by atoms with Crippen LogP contribution in [-0.2, 0) is 14.8 Å². The second-order valence-electron chi connectivity index (χ2n) is 6.19. The quantitative estimate of drug-likeness (QED) is 0.714. The maximum absolute atomic E-state index is 12.4. The highest BCUT2D eigenvalue weighted by molar-refractivity contribution is 7.89. The molecule has 2 aromatic rings. The van der Waals surface area contributed by atoms with Crippen LogP contribution in [0.2, 0.25) is 0 Å². The van der Waals surface area contributed by atoms with Gasteiger partial charge in [-0.05, 0) is 48.4 Å². The zero-order chi connectivity index (χ0) is 21.8. The molecule has 0 spiro atoms. The number of alkyl halides is 3. The molecule has 0 aliphatic carbocycles. The monoisotopic (exact) mass is 428 g/mol. The number of benzene rings is 2. The van der Waals surface area contributed by atoms with Crippen LogP contribution in [0, 0.1) is 0 Å². The third kappa shape index (κ3) is 6.61. The first-order valence-electron chi connectivity index (χ1n) is 8.30. The minimum atomic E-state index is -4.77.